The Morgan fingerprint density at radius 2 is 1.72 bits per heavy atom. The third-order valence-corrected chi connectivity index (χ3v) is 5.27. The monoisotopic (exact) mass is 428 g/mol. The fraction of sp³-hybridized carbons (Fsp3) is 0.235. The minimum atomic E-state index is -4.12. The predicted molar refractivity (Wildman–Crippen MR) is 95.5 cm³/mol. The van der Waals surface area contributed by atoms with Crippen LogP contribution in [0.25, 0.3) is 0 Å². The van der Waals surface area contributed by atoms with Crippen LogP contribution in [0.15, 0.2) is 51.8 Å². The van der Waals surface area contributed by atoms with Crippen LogP contribution in [-0.2, 0) is 14.9 Å². The van der Waals surface area contributed by atoms with Gasteiger partial charge in [0, 0.05) is 4.47 Å². The van der Waals surface area contributed by atoms with Gasteiger partial charge in [0.15, 0.2) is 11.5 Å². The summed E-state index contributed by atoms with van der Waals surface area (Å²) in [6.07, 6.45) is 0. The summed E-state index contributed by atoms with van der Waals surface area (Å²) in [6.45, 7) is 4.08. The molecule has 0 fully saturated rings. The molecule has 0 aliphatic heterocycles. The van der Waals surface area contributed by atoms with E-state index in [9.17, 15) is 13.2 Å². The summed E-state index contributed by atoms with van der Waals surface area (Å²) in [7, 11) is -4.12. The van der Waals surface area contributed by atoms with Crippen LogP contribution in [0.3, 0.4) is 0 Å². The Morgan fingerprint density at radius 1 is 1.04 bits per heavy atom. The van der Waals surface area contributed by atoms with Crippen LogP contribution in [0.5, 0.6) is 11.5 Å². The highest BCUT2D eigenvalue weighted by Crippen LogP contribution is 2.32. The van der Waals surface area contributed by atoms with Crippen LogP contribution in [0.2, 0.25) is 0 Å². The van der Waals surface area contributed by atoms with Crippen molar-refractivity contribution < 1.29 is 26.9 Å². The number of carbonyl (C=O) groups excluding carboxylic acids is 1. The second-order valence-corrected chi connectivity index (χ2v) is 7.15. The molecule has 0 radical (unpaired) electrons. The fourth-order valence-electron chi connectivity index (χ4n) is 2.00. The average molecular weight is 429 g/mol. The number of hydrogen-bond acceptors (Lipinski definition) is 6. The molecule has 2 aromatic rings. The molecule has 0 bridgehead atoms. The minimum Gasteiger partial charge on any atom is -0.490 e. The maximum atomic E-state index is 12.6. The molecule has 0 aliphatic carbocycles. The van der Waals surface area contributed by atoms with Gasteiger partial charge in [-0.15, -0.1) is 0 Å². The first kappa shape index (κ1) is 19.3. The minimum absolute atomic E-state index is 0.0886. The SMILES string of the molecule is CCOC(=O)c1ccc(S(=O)(=O)Oc2ccccc2OCC)c(Br)c1. The van der Waals surface area contributed by atoms with Crippen LogP contribution in [0.4, 0.5) is 0 Å². The summed E-state index contributed by atoms with van der Waals surface area (Å²) in [4.78, 5) is 11.6. The molecule has 0 N–H and O–H groups in total. The van der Waals surface area contributed by atoms with Gasteiger partial charge in [0.25, 0.3) is 0 Å². The van der Waals surface area contributed by atoms with Crippen molar-refractivity contribution in [2.24, 2.45) is 0 Å². The van der Waals surface area contributed by atoms with Gasteiger partial charge >= 0.3 is 16.1 Å². The van der Waals surface area contributed by atoms with Gasteiger partial charge in [0.2, 0.25) is 0 Å². The number of carbonyl (C=O) groups is 1. The summed E-state index contributed by atoms with van der Waals surface area (Å²) < 4.78 is 40.8. The van der Waals surface area contributed by atoms with E-state index in [1.807, 2.05) is 0 Å². The van der Waals surface area contributed by atoms with Crippen LogP contribution < -0.4 is 8.92 Å². The maximum Gasteiger partial charge on any atom is 0.340 e. The first-order valence-corrected chi connectivity index (χ1v) is 9.72. The second kappa shape index (κ2) is 8.35. The van der Waals surface area contributed by atoms with E-state index in [1.54, 1.807) is 32.0 Å². The standard InChI is InChI=1S/C17H17BrO6S/c1-3-22-14-7-5-6-8-15(14)24-25(20,21)16-10-9-12(11-13(16)18)17(19)23-4-2/h5-11H,3-4H2,1-2H3. The first-order valence-electron chi connectivity index (χ1n) is 7.52. The molecule has 0 spiro atoms. The molecule has 2 aromatic carbocycles. The Morgan fingerprint density at radius 3 is 2.32 bits per heavy atom. The van der Waals surface area contributed by atoms with Crippen molar-refractivity contribution in [3.8, 4) is 11.5 Å². The molecule has 0 saturated carbocycles. The zero-order chi connectivity index (χ0) is 18.4. The lowest BCUT2D eigenvalue weighted by atomic mass is 10.2. The van der Waals surface area contributed by atoms with Crippen molar-refractivity contribution >= 4 is 32.0 Å². The molecule has 8 heteroatoms. The van der Waals surface area contributed by atoms with Crippen molar-refractivity contribution in [3.63, 3.8) is 0 Å². The van der Waals surface area contributed by atoms with Gasteiger partial charge in [-0.05, 0) is 60.1 Å². The number of ether oxygens (including phenoxy) is 2. The van der Waals surface area contributed by atoms with E-state index in [1.165, 1.54) is 24.3 Å². The molecule has 2 rings (SSSR count). The van der Waals surface area contributed by atoms with E-state index >= 15 is 0 Å². The van der Waals surface area contributed by atoms with Gasteiger partial charge < -0.3 is 13.7 Å². The van der Waals surface area contributed by atoms with Crippen molar-refractivity contribution in [1.82, 2.24) is 0 Å². The summed E-state index contributed by atoms with van der Waals surface area (Å²) in [6, 6.07) is 10.5. The largest absolute Gasteiger partial charge is 0.490 e. The number of benzene rings is 2. The zero-order valence-corrected chi connectivity index (χ0v) is 16.1. The lowest BCUT2D eigenvalue weighted by Gasteiger charge is -2.12. The Bertz CT molecular complexity index is 863. The number of esters is 1. The molecule has 0 unspecified atom stereocenters. The Hall–Kier alpha value is -2.06. The molecule has 6 nitrogen and oxygen atoms in total. The third-order valence-electron chi connectivity index (χ3n) is 3.06. The highest BCUT2D eigenvalue weighted by Gasteiger charge is 2.23. The molecule has 25 heavy (non-hydrogen) atoms. The fourth-order valence-corrected chi connectivity index (χ4v) is 3.97. The van der Waals surface area contributed by atoms with Gasteiger partial charge in [-0.2, -0.15) is 8.42 Å². The van der Waals surface area contributed by atoms with Crippen molar-refractivity contribution in [1.29, 1.82) is 0 Å². The molecule has 0 atom stereocenters. The van der Waals surface area contributed by atoms with Crippen LogP contribution in [0.1, 0.15) is 24.2 Å². The van der Waals surface area contributed by atoms with E-state index < -0.39 is 16.1 Å². The molecule has 0 saturated heterocycles. The van der Waals surface area contributed by atoms with Gasteiger partial charge in [0.1, 0.15) is 4.90 Å². The number of hydrogen-bond donors (Lipinski definition) is 0. The predicted octanol–water partition coefficient (Wildman–Crippen LogP) is 3.79. The highest BCUT2D eigenvalue weighted by atomic mass is 79.9. The molecule has 0 amide bonds. The lowest BCUT2D eigenvalue weighted by Crippen LogP contribution is -2.12. The van der Waals surface area contributed by atoms with Gasteiger partial charge in [-0.1, -0.05) is 12.1 Å². The Kier molecular flexibility index (Phi) is 6.44. The topological polar surface area (TPSA) is 78.9 Å². The van der Waals surface area contributed by atoms with Crippen molar-refractivity contribution in [3.05, 3.63) is 52.5 Å². The zero-order valence-electron chi connectivity index (χ0n) is 13.7. The molecule has 0 heterocycles. The van der Waals surface area contributed by atoms with E-state index in [-0.39, 0.29) is 27.3 Å². The van der Waals surface area contributed by atoms with E-state index in [0.717, 1.165) is 0 Å². The number of rotatable bonds is 7. The number of halogens is 1. The van der Waals surface area contributed by atoms with Crippen molar-refractivity contribution in [2.45, 2.75) is 18.7 Å². The van der Waals surface area contributed by atoms with Crippen LogP contribution in [-0.4, -0.2) is 27.6 Å². The van der Waals surface area contributed by atoms with E-state index in [4.69, 9.17) is 13.7 Å². The first-order chi connectivity index (χ1) is 11.9. The molecular weight excluding hydrogens is 412 g/mol. The smallest absolute Gasteiger partial charge is 0.340 e. The molecule has 134 valence electrons. The van der Waals surface area contributed by atoms with E-state index in [2.05, 4.69) is 15.9 Å². The molecular formula is C17H17BrO6S. The maximum absolute atomic E-state index is 12.6. The third kappa shape index (κ3) is 4.73. The lowest BCUT2D eigenvalue weighted by molar-refractivity contribution is 0.0526. The summed E-state index contributed by atoms with van der Waals surface area (Å²) in [5.74, 6) is -0.117. The second-order valence-electron chi connectivity index (χ2n) is 4.78. The van der Waals surface area contributed by atoms with E-state index in [0.29, 0.717) is 12.4 Å². The number of para-hydroxylation sites is 2. The average Bonchev–Trinajstić information content (AvgIpc) is 2.56. The highest BCUT2D eigenvalue weighted by molar-refractivity contribution is 9.10. The Labute approximate surface area is 155 Å². The molecule has 0 aromatic heterocycles. The van der Waals surface area contributed by atoms with Crippen LogP contribution >= 0.6 is 15.9 Å². The molecule has 0 aliphatic rings. The normalized spacial score (nSPS) is 11.0. The van der Waals surface area contributed by atoms with Crippen LogP contribution in [0, 0.1) is 0 Å². The Balaban J connectivity index is 2.33. The van der Waals surface area contributed by atoms with Gasteiger partial charge in [-0.3, -0.25) is 0 Å². The van der Waals surface area contributed by atoms with Gasteiger partial charge in [0.05, 0.1) is 18.8 Å². The van der Waals surface area contributed by atoms with Gasteiger partial charge in [-0.25, -0.2) is 4.79 Å². The summed E-state index contributed by atoms with van der Waals surface area (Å²) in [5, 5.41) is 0. The quantitative estimate of drug-likeness (QED) is 0.492. The summed E-state index contributed by atoms with van der Waals surface area (Å²) in [5.41, 5.74) is 0.238. The summed E-state index contributed by atoms with van der Waals surface area (Å²) >= 11 is 3.17. The van der Waals surface area contributed by atoms with Crippen molar-refractivity contribution in [2.75, 3.05) is 13.2 Å².